The molecule has 9 N–H and O–H groups in total. The number of hydrogen-bond donors (Lipinski definition) is 7. The molecule has 0 heterocycles. The van der Waals surface area contributed by atoms with Gasteiger partial charge in [0, 0.05) is 6.42 Å². The van der Waals surface area contributed by atoms with Gasteiger partial charge in [0.1, 0.15) is 18.6 Å². The number of primary amides is 1. The first-order valence-electron chi connectivity index (χ1n) is 8.71. The number of amides is 4. The molecule has 3 unspecified atom stereocenters. The smallest absolute Gasteiger partial charge is 0.322 e. The van der Waals surface area contributed by atoms with E-state index in [0.717, 1.165) is 0 Å². The molecule has 0 aliphatic heterocycles. The van der Waals surface area contributed by atoms with Gasteiger partial charge in [-0.1, -0.05) is 13.8 Å². The molecule has 0 aromatic carbocycles. The first-order valence-corrected chi connectivity index (χ1v) is 8.71. The Bertz CT molecular complexity index is 651. The van der Waals surface area contributed by atoms with E-state index in [4.69, 9.17) is 21.7 Å². The van der Waals surface area contributed by atoms with E-state index in [0.29, 0.717) is 0 Å². The number of carboxylic acids is 2. The number of nitrogens with two attached hydrogens (primary N) is 2. The zero-order chi connectivity index (χ0) is 22.7. The highest BCUT2D eigenvalue weighted by Gasteiger charge is 2.30. The van der Waals surface area contributed by atoms with Crippen LogP contribution in [-0.2, 0) is 28.8 Å². The van der Waals surface area contributed by atoms with Gasteiger partial charge in [-0.3, -0.25) is 28.8 Å². The van der Waals surface area contributed by atoms with Crippen LogP contribution in [0.1, 0.15) is 33.1 Å². The van der Waals surface area contributed by atoms with Crippen LogP contribution in [0.5, 0.6) is 0 Å². The molecule has 29 heavy (non-hydrogen) atoms. The summed E-state index contributed by atoms with van der Waals surface area (Å²) < 4.78 is 0. The van der Waals surface area contributed by atoms with Crippen LogP contribution < -0.4 is 27.4 Å². The second-order valence-corrected chi connectivity index (χ2v) is 6.61. The van der Waals surface area contributed by atoms with Gasteiger partial charge in [0.25, 0.3) is 0 Å². The molecule has 3 atom stereocenters. The molecule has 0 fully saturated rings. The average Bonchev–Trinajstić information content (AvgIpc) is 2.60. The first kappa shape index (κ1) is 25.8. The highest BCUT2D eigenvalue weighted by atomic mass is 16.4. The molecule has 0 bridgehead atoms. The highest BCUT2D eigenvalue weighted by Crippen LogP contribution is 2.04. The van der Waals surface area contributed by atoms with Crippen LogP contribution in [0.2, 0.25) is 0 Å². The predicted octanol–water partition coefficient (Wildman–Crippen LogP) is -3.12. The minimum absolute atomic E-state index is 0.214. The zero-order valence-corrected chi connectivity index (χ0v) is 16.1. The zero-order valence-electron chi connectivity index (χ0n) is 16.1. The fraction of sp³-hybridized carbons (Fsp3) is 0.625. The second-order valence-electron chi connectivity index (χ2n) is 6.61. The Morgan fingerprint density at radius 2 is 1.41 bits per heavy atom. The van der Waals surface area contributed by atoms with Crippen LogP contribution in [0.25, 0.3) is 0 Å². The maximum Gasteiger partial charge on any atom is 0.322 e. The number of carboxylic acid groups (broad SMARTS) is 2. The van der Waals surface area contributed by atoms with Crippen molar-refractivity contribution in [2.24, 2.45) is 17.4 Å². The van der Waals surface area contributed by atoms with Gasteiger partial charge in [-0.05, 0) is 12.3 Å². The third-order valence-electron chi connectivity index (χ3n) is 3.76. The summed E-state index contributed by atoms with van der Waals surface area (Å²) in [5.41, 5.74) is 10.8. The Hall–Kier alpha value is -3.22. The van der Waals surface area contributed by atoms with Crippen molar-refractivity contribution in [2.75, 3.05) is 6.54 Å². The van der Waals surface area contributed by atoms with Crippen molar-refractivity contribution < 1.29 is 39.0 Å². The molecule has 0 saturated heterocycles. The second kappa shape index (κ2) is 12.3. The Balaban J connectivity index is 5.34. The van der Waals surface area contributed by atoms with E-state index >= 15 is 0 Å². The summed E-state index contributed by atoms with van der Waals surface area (Å²) in [6.45, 7) is 2.58. The number of nitrogens with one attached hydrogen (secondary N) is 3. The molecule has 0 aliphatic carbocycles. The van der Waals surface area contributed by atoms with Gasteiger partial charge >= 0.3 is 11.9 Å². The summed E-state index contributed by atoms with van der Waals surface area (Å²) in [6, 6.07) is -3.87. The van der Waals surface area contributed by atoms with E-state index in [1.54, 1.807) is 13.8 Å². The van der Waals surface area contributed by atoms with Crippen molar-refractivity contribution in [1.82, 2.24) is 16.0 Å². The number of carbonyl (C=O) groups is 6. The summed E-state index contributed by atoms with van der Waals surface area (Å²) in [6.07, 6.45) is -1.32. The Morgan fingerprint density at radius 1 is 0.862 bits per heavy atom. The third kappa shape index (κ3) is 10.6. The van der Waals surface area contributed by atoms with Crippen LogP contribution in [-0.4, -0.2) is 70.5 Å². The van der Waals surface area contributed by atoms with E-state index in [1.807, 2.05) is 5.32 Å². The van der Waals surface area contributed by atoms with Crippen LogP contribution in [0.3, 0.4) is 0 Å². The van der Waals surface area contributed by atoms with Crippen LogP contribution in [0.4, 0.5) is 0 Å². The van der Waals surface area contributed by atoms with Gasteiger partial charge in [-0.15, -0.1) is 0 Å². The van der Waals surface area contributed by atoms with Gasteiger partial charge < -0.3 is 37.6 Å². The molecule has 13 nitrogen and oxygen atoms in total. The largest absolute Gasteiger partial charge is 0.481 e. The Labute approximate surface area is 166 Å². The normalized spacial score (nSPS) is 13.7. The Kier molecular flexibility index (Phi) is 10.9. The van der Waals surface area contributed by atoms with E-state index in [9.17, 15) is 28.8 Å². The van der Waals surface area contributed by atoms with E-state index in [1.165, 1.54) is 0 Å². The average molecular weight is 417 g/mol. The van der Waals surface area contributed by atoms with Gasteiger partial charge in [0.05, 0.1) is 12.5 Å². The number of hydrogen-bond acceptors (Lipinski definition) is 7. The fourth-order valence-corrected chi connectivity index (χ4v) is 2.07. The minimum Gasteiger partial charge on any atom is -0.481 e. The van der Waals surface area contributed by atoms with Crippen molar-refractivity contribution in [2.45, 2.75) is 51.2 Å². The molecular formula is C16H27N5O8. The summed E-state index contributed by atoms with van der Waals surface area (Å²) in [5, 5.41) is 24.0. The first-order chi connectivity index (χ1) is 13.3. The third-order valence-corrected chi connectivity index (χ3v) is 3.76. The van der Waals surface area contributed by atoms with E-state index < -0.39 is 66.7 Å². The minimum atomic E-state index is -1.61. The lowest BCUT2D eigenvalue weighted by Crippen LogP contribution is -2.57. The lowest BCUT2D eigenvalue weighted by Gasteiger charge is -2.24. The Morgan fingerprint density at radius 3 is 1.86 bits per heavy atom. The van der Waals surface area contributed by atoms with Gasteiger partial charge in [-0.2, -0.15) is 0 Å². The van der Waals surface area contributed by atoms with Crippen LogP contribution in [0.15, 0.2) is 0 Å². The number of carbonyl (C=O) groups excluding carboxylic acids is 4. The SMILES string of the molecule is CC(C)C(N)C(=O)NC(CCC(N)=O)C(=O)NC(CC(=O)O)C(=O)NCC(=O)O. The molecule has 0 aliphatic rings. The predicted molar refractivity (Wildman–Crippen MR) is 98.0 cm³/mol. The van der Waals surface area contributed by atoms with E-state index in [-0.39, 0.29) is 18.8 Å². The van der Waals surface area contributed by atoms with Crippen molar-refractivity contribution >= 4 is 35.6 Å². The molecular weight excluding hydrogens is 390 g/mol. The summed E-state index contributed by atoms with van der Waals surface area (Å²) in [7, 11) is 0. The van der Waals surface area contributed by atoms with Gasteiger partial charge in [-0.25, -0.2) is 0 Å². The molecule has 0 rings (SSSR count). The van der Waals surface area contributed by atoms with E-state index in [2.05, 4.69) is 10.6 Å². The van der Waals surface area contributed by atoms with Crippen LogP contribution >= 0.6 is 0 Å². The standard InChI is InChI=1S/C16H27N5O8/c1-7(2)13(18)16(29)20-8(3-4-10(17)22)15(28)21-9(5-11(23)24)14(27)19-6-12(25)26/h7-9,13H,3-6,18H2,1-2H3,(H2,17,22)(H,19,27)(H,20,29)(H,21,28)(H,23,24)(H,25,26). The molecule has 0 aromatic rings. The summed E-state index contributed by atoms with van der Waals surface area (Å²) in [5.74, 6) is -6.47. The topological polar surface area (TPSA) is 231 Å². The van der Waals surface area contributed by atoms with Crippen molar-refractivity contribution in [3.8, 4) is 0 Å². The quantitative estimate of drug-likeness (QED) is 0.160. The molecule has 0 aromatic heterocycles. The lowest BCUT2D eigenvalue weighted by atomic mass is 10.0. The van der Waals surface area contributed by atoms with Crippen molar-refractivity contribution in [1.29, 1.82) is 0 Å². The lowest BCUT2D eigenvalue weighted by molar-refractivity contribution is -0.141. The number of rotatable bonds is 13. The van der Waals surface area contributed by atoms with Gasteiger partial charge in [0.15, 0.2) is 0 Å². The van der Waals surface area contributed by atoms with Gasteiger partial charge in [0.2, 0.25) is 23.6 Å². The summed E-state index contributed by atoms with van der Waals surface area (Å²) >= 11 is 0. The molecule has 0 radical (unpaired) electrons. The van der Waals surface area contributed by atoms with Crippen LogP contribution in [0, 0.1) is 5.92 Å². The van der Waals surface area contributed by atoms with Crippen molar-refractivity contribution in [3.05, 3.63) is 0 Å². The number of aliphatic carboxylic acids is 2. The maximum absolute atomic E-state index is 12.5. The highest BCUT2D eigenvalue weighted by molar-refractivity contribution is 5.95. The summed E-state index contributed by atoms with van der Waals surface area (Å²) in [4.78, 5) is 69.2. The fourth-order valence-electron chi connectivity index (χ4n) is 2.07. The molecule has 0 spiro atoms. The molecule has 0 saturated carbocycles. The molecule has 4 amide bonds. The van der Waals surface area contributed by atoms with Crippen molar-refractivity contribution in [3.63, 3.8) is 0 Å². The maximum atomic E-state index is 12.5. The molecule has 164 valence electrons. The monoisotopic (exact) mass is 417 g/mol. The molecule has 13 heteroatoms.